The van der Waals surface area contributed by atoms with Crippen molar-refractivity contribution in [3.05, 3.63) is 83.6 Å². The fourth-order valence-corrected chi connectivity index (χ4v) is 2.89. The highest BCUT2D eigenvalue weighted by Crippen LogP contribution is 2.19. The van der Waals surface area contributed by atoms with E-state index in [1.807, 2.05) is 73.7 Å². The van der Waals surface area contributed by atoms with Crippen molar-refractivity contribution in [2.45, 2.75) is 13.3 Å². The molecule has 3 rings (SSSR count). The molecule has 1 aromatic heterocycles. The molecule has 1 amide bonds. The lowest BCUT2D eigenvalue weighted by atomic mass is 10.1. The number of para-hydroxylation sites is 1. The van der Waals surface area contributed by atoms with Gasteiger partial charge in [-0.15, -0.1) is 0 Å². The van der Waals surface area contributed by atoms with Gasteiger partial charge in [0, 0.05) is 12.1 Å². The molecule has 1 N–H and O–H groups in total. The zero-order chi connectivity index (χ0) is 18.4. The molecule has 0 radical (unpaired) electrons. The van der Waals surface area contributed by atoms with Gasteiger partial charge in [-0.2, -0.15) is 0 Å². The van der Waals surface area contributed by atoms with Gasteiger partial charge in [0.1, 0.15) is 5.75 Å². The summed E-state index contributed by atoms with van der Waals surface area (Å²) in [6, 6.07) is 21.5. The highest BCUT2D eigenvalue weighted by molar-refractivity contribution is 5.95. The minimum absolute atomic E-state index is 0.107. The van der Waals surface area contributed by atoms with E-state index in [-0.39, 0.29) is 5.91 Å². The number of carbonyl (C=O) groups is 1. The molecule has 0 spiro atoms. The minimum Gasteiger partial charge on any atom is -0.496 e. The molecule has 0 unspecified atom stereocenters. The number of nitrogens with zero attached hydrogens (tertiary/aromatic N) is 1. The number of hydrogen-bond acceptors (Lipinski definition) is 3. The summed E-state index contributed by atoms with van der Waals surface area (Å²) in [5.41, 5.74) is 4.31. The third-order valence-corrected chi connectivity index (χ3v) is 4.27. The van der Waals surface area contributed by atoms with E-state index < -0.39 is 0 Å². The van der Waals surface area contributed by atoms with Crippen molar-refractivity contribution in [3.8, 4) is 17.0 Å². The van der Waals surface area contributed by atoms with E-state index in [1.54, 1.807) is 7.11 Å². The number of rotatable bonds is 6. The van der Waals surface area contributed by atoms with Gasteiger partial charge in [0.15, 0.2) is 0 Å². The first-order valence-electron chi connectivity index (χ1n) is 8.62. The maximum atomic E-state index is 12.5. The number of aromatic nitrogens is 1. The Labute approximate surface area is 153 Å². The van der Waals surface area contributed by atoms with Crippen LogP contribution in [0.3, 0.4) is 0 Å². The maximum absolute atomic E-state index is 12.5. The Morgan fingerprint density at radius 1 is 1.00 bits per heavy atom. The van der Waals surface area contributed by atoms with Gasteiger partial charge in [0.25, 0.3) is 5.91 Å². The fourth-order valence-electron chi connectivity index (χ4n) is 2.89. The molecule has 0 aliphatic heterocycles. The Morgan fingerprint density at radius 3 is 2.46 bits per heavy atom. The number of hydrogen-bond donors (Lipinski definition) is 1. The fraction of sp³-hybridized carbons (Fsp3) is 0.182. The molecule has 0 bridgehead atoms. The smallest absolute Gasteiger partial charge is 0.253 e. The maximum Gasteiger partial charge on any atom is 0.253 e. The van der Waals surface area contributed by atoms with E-state index in [4.69, 9.17) is 4.74 Å². The van der Waals surface area contributed by atoms with Crippen LogP contribution in [0, 0.1) is 6.92 Å². The van der Waals surface area contributed by atoms with E-state index in [9.17, 15) is 4.79 Å². The monoisotopic (exact) mass is 346 g/mol. The molecule has 3 aromatic rings. The van der Waals surface area contributed by atoms with Crippen LogP contribution >= 0.6 is 0 Å². The van der Waals surface area contributed by atoms with E-state index in [0.29, 0.717) is 18.5 Å². The molecule has 0 atom stereocenters. The summed E-state index contributed by atoms with van der Waals surface area (Å²) in [7, 11) is 1.65. The van der Waals surface area contributed by atoms with Crippen molar-refractivity contribution in [1.29, 1.82) is 0 Å². The van der Waals surface area contributed by atoms with E-state index in [1.165, 1.54) is 0 Å². The highest BCUT2D eigenvalue weighted by atomic mass is 16.5. The predicted molar refractivity (Wildman–Crippen MR) is 103 cm³/mol. The summed E-state index contributed by atoms with van der Waals surface area (Å²) >= 11 is 0. The summed E-state index contributed by atoms with van der Waals surface area (Å²) in [6.45, 7) is 2.40. The first-order valence-corrected chi connectivity index (χ1v) is 8.62. The summed E-state index contributed by atoms with van der Waals surface area (Å²) in [5, 5.41) is 2.96. The Bertz CT molecular complexity index is 892. The van der Waals surface area contributed by atoms with Crippen LogP contribution in [-0.2, 0) is 6.42 Å². The first kappa shape index (κ1) is 17.7. The van der Waals surface area contributed by atoms with Crippen molar-refractivity contribution < 1.29 is 9.53 Å². The lowest BCUT2D eigenvalue weighted by Crippen LogP contribution is -2.26. The Balaban J connectivity index is 1.65. The number of nitrogens with one attached hydrogen (secondary N) is 1. The number of carbonyl (C=O) groups excluding carboxylic acids is 1. The lowest BCUT2D eigenvalue weighted by Gasteiger charge is -2.11. The van der Waals surface area contributed by atoms with Gasteiger partial charge < -0.3 is 10.1 Å². The molecule has 0 fully saturated rings. The zero-order valence-electron chi connectivity index (χ0n) is 15.0. The third kappa shape index (κ3) is 4.09. The topological polar surface area (TPSA) is 51.2 Å². The van der Waals surface area contributed by atoms with Crippen LogP contribution in [0.25, 0.3) is 11.3 Å². The predicted octanol–water partition coefficient (Wildman–Crippen LogP) is 4.04. The largest absolute Gasteiger partial charge is 0.496 e. The van der Waals surface area contributed by atoms with Gasteiger partial charge in [-0.25, -0.2) is 0 Å². The standard InChI is InChI=1S/C22H22N2O2/c1-16-19(12-13-20(24-16)17-8-4-3-5-9-17)22(25)23-15-14-18-10-6-7-11-21(18)26-2/h3-13H,14-15H2,1-2H3,(H,23,25). The molecule has 132 valence electrons. The van der Waals surface area contributed by atoms with Gasteiger partial charge >= 0.3 is 0 Å². The Morgan fingerprint density at radius 2 is 1.73 bits per heavy atom. The van der Waals surface area contributed by atoms with Crippen molar-refractivity contribution in [2.75, 3.05) is 13.7 Å². The number of amides is 1. The van der Waals surface area contributed by atoms with Gasteiger partial charge in [-0.1, -0.05) is 48.5 Å². The van der Waals surface area contributed by atoms with Crippen LogP contribution in [0.1, 0.15) is 21.6 Å². The first-order chi connectivity index (χ1) is 12.7. The molecule has 2 aromatic carbocycles. The second-order valence-electron chi connectivity index (χ2n) is 6.01. The molecular formula is C22H22N2O2. The Kier molecular flexibility index (Phi) is 5.64. The van der Waals surface area contributed by atoms with Crippen molar-refractivity contribution in [2.24, 2.45) is 0 Å². The molecule has 4 heteroatoms. The van der Waals surface area contributed by atoms with Crippen molar-refractivity contribution >= 4 is 5.91 Å². The number of ether oxygens (including phenoxy) is 1. The lowest BCUT2D eigenvalue weighted by molar-refractivity contribution is 0.0953. The quantitative estimate of drug-likeness (QED) is 0.733. The number of methoxy groups -OCH3 is 1. The van der Waals surface area contributed by atoms with Crippen LogP contribution in [-0.4, -0.2) is 24.5 Å². The normalized spacial score (nSPS) is 10.4. The molecule has 0 aliphatic carbocycles. The van der Waals surface area contributed by atoms with Gasteiger partial charge in [0.2, 0.25) is 0 Å². The number of benzene rings is 2. The van der Waals surface area contributed by atoms with Crippen molar-refractivity contribution in [1.82, 2.24) is 10.3 Å². The molecule has 1 heterocycles. The van der Waals surface area contributed by atoms with Gasteiger partial charge in [-0.3, -0.25) is 9.78 Å². The van der Waals surface area contributed by atoms with Gasteiger partial charge in [0.05, 0.1) is 24.1 Å². The number of pyridine rings is 1. The Hall–Kier alpha value is -3.14. The average Bonchev–Trinajstić information content (AvgIpc) is 2.69. The highest BCUT2D eigenvalue weighted by Gasteiger charge is 2.11. The zero-order valence-corrected chi connectivity index (χ0v) is 15.0. The SMILES string of the molecule is COc1ccccc1CCNC(=O)c1ccc(-c2ccccc2)nc1C. The van der Waals surface area contributed by atoms with E-state index >= 15 is 0 Å². The van der Waals surface area contributed by atoms with Crippen LogP contribution in [0.4, 0.5) is 0 Å². The summed E-state index contributed by atoms with van der Waals surface area (Å²) in [4.78, 5) is 17.1. The summed E-state index contributed by atoms with van der Waals surface area (Å²) in [6.07, 6.45) is 0.713. The molecule has 0 saturated heterocycles. The van der Waals surface area contributed by atoms with Crippen LogP contribution in [0.15, 0.2) is 66.7 Å². The van der Waals surface area contributed by atoms with Gasteiger partial charge in [-0.05, 0) is 37.1 Å². The van der Waals surface area contributed by atoms with Crippen molar-refractivity contribution in [3.63, 3.8) is 0 Å². The summed E-state index contributed by atoms with van der Waals surface area (Å²) < 4.78 is 5.34. The van der Waals surface area contributed by atoms with E-state index in [0.717, 1.165) is 28.3 Å². The summed E-state index contributed by atoms with van der Waals surface area (Å²) in [5.74, 6) is 0.733. The van der Waals surface area contributed by atoms with Crippen LogP contribution in [0.2, 0.25) is 0 Å². The minimum atomic E-state index is -0.107. The molecule has 26 heavy (non-hydrogen) atoms. The molecule has 0 saturated carbocycles. The second kappa shape index (κ2) is 8.30. The van der Waals surface area contributed by atoms with Crippen LogP contribution in [0.5, 0.6) is 5.75 Å². The van der Waals surface area contributed by atoms with E-state index in [2.05, 4.69) is 10.3 Å². The van der Waals surface area contributed by atoms with Crippen LogP contribution < -0.4 is 10.1 Å². The molecular weight excluding hydrogens is 324 g/mol. The average molecular weight is 346 g/mol. The second-order valence-corrected chi connectivity index (χ2v) is 6.01. The molecule has 4 nitrogen and oxygen atoms in total. The molecule has 0 aliphatic rings. The number of aryl methyl sites for hydroxylation is 1. The third-order valence-electron chi connectivity index (χ3n) is 4.27.